The fraction of sp³-hybridized carbons (Fsp3) is 0.200. The molecule has 4 nitrogen and oxygen atoms in total. The van der Waals surface area contributed by atoms with Crippen LogP contribution in [-0.4, -0.2) is 24.0 Å². The fourth-order valence-corrected chi connectivity index (χ4v) is 2.12. The number of halogens is 1. The first-order chi connectivity index (χ1) is 9.66. The minimum atomic E-state index is -0.169. The van der Waals surface area contributed by atoms with Crippen LogP contribution in [0.2, 0.25) is 0 Å². The van der Waals surface area contributed by atoms with E-state index in [1.54, 1.807) is 18.3 Å². The molecule has 0 saturated heterocycles. The lowest BCUT2D eigenvalue weighted by molar-refractivity contribution is 0.0946. The Labute approximate surface area is 126 Å². The van der Waals surface area contributed by atoms with Gasteiger partial charge in [-0.05, 0) is 52.7 Å². The van der Waals surface area contributed by atoms with Crippen LogP contribution in [0.5, 0.6) is 5.75 Å². The standard InChI is InChI=1S/C15H15BrN2O2/c1-11-4-2-5-12(10-11)20-9-8-18-15(19)13-6-3-7-17-14(13)16/h2-7,10H,8-9H2,1H3,(H,18,19). The number of nitrogens with zero attached hydrogens (tertiary/aromatic N) is 1. The first-order valence-corrected chi connectivity index (χ1v) is 7.04. The Hall–Kier alpha value is -1.88. The highest BCUT2D eigenvalue weighted by Crippen LogP contribution is 2.13. The van der Waals surface area contributed by atoms with Gasteiger partial charge in [0, 0.05) is 6.20 Å². The molecule has 0 aliphatic rings. The lowest BCUT2D eigenvalue weighted by Crippen LogP contribution is -2.28. The number of carbonyl (C=O) groups excluding carboxylic acids is 1. The van der Waals surface area contributed by atoms with E-state index in [1.807, 2.05) is 31.2 Å². The van der Waals surface area contributed by atoms with Crippen molar-refractivity contribution < 1.29 is 9.53 Å². The third-order valence-electron chi connectivity index (χ3n) is 2.65. The molecule has 0 unspecified atom stereocenters. The van der Waals surface area contributed by atoms with E-state index < -0.39 is 0 Å². The minimum Gasteiger partial charge on any atom is -0.492 e. The van der Waals surface area contributed by atoms with E-state index in [1.165, 1.54) is 0 Å². The van der Waals surface area contributed by atoms with Gasteiger partial charge in [0.25, 0.3) is 5.91 Å². The number of aromatic nitrogens is 1. The number of amides is 1. The molecule has 0 radical (unpaired) electrons. The molecule has 0 aliphatic carbocycles. The molecule has 1 aromatic carbocycles. The highest BCUT2D eigenvalue weighted by molar-refractivity contribution is 9.10. The van der Waals surface area contributed by atoms with Gasteiger partial charge < -0.3 is 10.1 Å². The normalized spacial score (nSPS) is 10.1. The van der Waals surface area contributed by atoms with Gasteiger partial charge in [-0.1, -0.05) is 12.1 Å². The lowest BCUT2D eigenvalue weighted by Gasteiger charge is -2.08. The quantitative estimate of drug-likeness (QED) is 0.675. The number of carbonyl (C=O) groups is 1. The molecule has 0 aliphatic heterocycles. The molecule has 2 aromatic rings. The molecule has 1 aromatic heterocycles. The van der Waals surface area contributed by atoms with Gasteiger partial charge in [0.15, 0.2) is 0 Å². The monoisotopic (exact) mass is 334 g/mol. The number of ether oxygens (including phenoxy) is 1. The van der Waals surface area contributed by atoms with Crippen molar-refractivity contribution in [3.63, 3.8) is 0 Å². The van der Waals surface area contributed by atoms with Gasteiger partial charge in [-0.2, -0.15) is 0 Å². The van der Waals surface area contributed by atoms with E-state index in [9.17, 15) is 4.79 Å². The second kappa shape index (κ2) is 7.05. The summed E-state index contributed by atoms with van der Waals surface area (Å²) in [4.78, 5) is 15.9. The Kier molecular flexibility index (Phi) is 5.12. The summed E-state index contributed by atoms with van der Waals surface area (Å²) in [6.45, 7) is 2.87. The number of benzene rings is 1. The molecule has 5 heteroatoms. The second-order valence-corrected chi connectivity index (χ2v) is 5.01. The molecule has 1 heterocycles. The number of hydrogen-bond acceptors (Lipinski definition) is 3. The first kappa shape index (κ1) is 14.5. The van der Waals surface area contributed by atoms with Crippen molar-refractivity contribution in [2.75, 3.05) is 13.2 Å². The second-order valence-electron chi connectivity index (χ2n) is 4.26. The molecule has 1 amide bonds. The highest BCUT2D eigenvalue weighted by Gasteiger charge is 2.09. The molecule has 0 atom stereocenters. The lowest BCUT2D eigenvalue weighted by atomic mass is 10.2. The third-order valence-corrected chi connectivity index (χ3v) is 3.28. The molecule has 0 fully saturated rings. The third kappa shape index (κ3) is 4.06. The Morgan fingerprint density at radius 1 is 1.35 bits per heavy atom. The van der Waals surface area contributed by atoms with Crippen molar-refractivity contribution in [3.05, 3.63) is 58.3 Å². The van der Waals surface area contributed by atoms with Gasteiger partial charge in [-0.15, -0.1) is 0 Å². The smallest absolute Gasteiger partial charge is 0.254 e. The fourth-order valence-electron chi connectivity index (χ4n) is 1.69. The van der Waals surface area contributed by atoms with E-state index in [0.717, 1.165) is 11.3 Å². The van der Waals surface area contributed by atoms with Crippen LogP contribution in [-0.2, 0) is 0 Å². The summed E-state index contributed by atoms with van der Waals surface area (Å²) in [5.74, 6) is 0.639. The Morgan fingerprint density at radius 3 is 2.95 bits per heavy atom. The summed E-state index contributed by atoms with van der Waals surface area (Å²) in [5, 5.41) is 2.79. The molecule has 2 rings (SSSR count). The van der Waals surface area contributed by atoms with E-state index in [4.69, 9.17) is 4.74 Å². The Balaban J connectivity index is 1.79. The van der Waals surface area contributed by atoms with E-state index in [2.05, 4.69) is 26.2 Å². The van der Waals surface area contributed by atoms with Crippen LogP contribution in [0.1, 0.15) is 15.9 Å². The van der Waals surface area contributed by atoms with Crippen molar-refractivity contribution in [2.24, 2.45) is 0 Å². The first-order valence-electron chi connectivity index (χ1n) is 6.25. The SMILES string of the molecule is Cc1cccc(OCCNC(=O)c2cccnc2Br)c1. The number of nitrogens with one attached hydrogen (secondary N) is 1. The maximum Gasteiger partial charge on any atom is 0.254 e. The summed E-state index contributed by atoms with van der Waals surface area (Å²) in [6.07, 6.45) is 1.63. The molecule has 1 N–H and O–H groups in total. The Morgan fingerprint density at radius 2 is 2.20 bits per heavy atom. The van der Waals surface area contributed by atoms with Crippen LogP contribution in [0.15, 0.2) is 47.2 Å². The zero-order valence-corrected chi connectivity index (χ0v) is 12.7. The molecule has 104 valence electrons. The van der Waals surface area contributed by atoms with Crippen LogP contribution in [0.25, 0.3) is 0 Å². The van der Waals surface area contributed by atoms with Crippen molar-refractivity contribution >= 4 is 21.8 Å². The summed E-state index contributed by atoms with van der Waals surface area (Å²) in [5.41, 5.74) is 1.66. The predicted molar refractivity (Wildman–Crippen MR) is 80.9 cm³/mol. The van der Waals surface area contributed by atoms with E-state index in [0.29, 0.717) is 23.3 Å². The average molecular weight is 335 g/mol. The maximum atomic E-state index is 11.9. The van der Waals surface area contributed by atoms with Crippen molar-refractivity contribution in [2.45, 2.75) is 6.92 Å². The average Bonchev–Trinajstić information content (AvgIpc) is 2.44. The van der Waals surface area contributed by atoms with E-state index in [-0.39, 0.29) is 5.91 Å². The zero-order chi connectivity index (χ0) is 14.4. The van der Waals surface area contributed by atoms with Crippen LogP contribution < -0.4 is 10.1 Å². The van der Waals surface area contributed by atoms with Crippen LogP contribution in [0, 0.1) is 6.92 Å². The van der Waals surface area contributed by atoms with Crippen molar-refractivity contribution in [1.29, 1.82) is 0 Å². The Bertz CT molecular complexity index is 602. The van der Waals surface area contributed by atoms with Crippen LogP contribution in [0.3, 0.4) is 0 Å². The molecule has 20 heavy (non-hydrogen) atoms. The topological polar surface area (TPSA) is 51.2 Å². The largest absolute Gasteiger partial charge is 0.492 e. The van der Waals surface area contributed by atoms with Gasteiger partial charge in [0.2, 0.25) is 0 Å². The maximum absolute atomic E-state index is 11.9. The number of hydrogen-bond donors (Lipinski definition) is 1. The van der Waals surface area contributed by atoms with Gasteiger partial charge >= 0.3 is 0 Å². The van der Waals surface area contributed by atoms with Gasteiger partial charge in [-0.3, -0.25) is 4.79 Å². The summed E-state index contributed by atoms with van der Waals surface area (Å²) in [6, 6.07) is 11.2. The van der Waals surface area contributed by atoms with Crippen LogP contribution >= 0.6 is 15.9 Å². The molecule has 0 bridgehead atoms. The molecule has 0 spiro atoms. The van der Waals surface area contributed by atoms with Gasteiger partial charge in [-0.25, -0.2) is 4.98 Å². The molecule has 0 saturated carbocycles. The number of aryl methyl sites for hydroxylation is 1. The van der Waals surface area contributed by atoms with Crippen LogP contribution in [0.4, 0.5) is 0 Å². The molecular weight excluding hydrogens is 320 g/mol. The summed E-state index contributed by atoms with van der Waals surface area (Å²) >= 11 is 3.25. The molecular formula is C15H15BrN2O2. The van der Waals surface area contributed by atoms with E-state index >= 15 is 0 Å². The van der Waals surface area contributed by atoms with Gasteiger partial charge in [0.05, 0.1) is 12.1 Å². The predicted octanol–water partition coefficient (Wildman–Crippen LogP) is 2.96. The van der Waals surface area contributed by atoms with Crippen molar-refractivity contribution in [1.82, 2.24) is 10.3 Å². The van der Waals surface area contributed by atoms with Gasteiger partial charge in [0.1, 0.15) is 17.0 Å². The minimum absolute atomic E-state index is 0.169. The summed E-state index contributed by atoms with van der Waals surface area (Å²) in [7, 11) is 0. The number of rotatable bonds is 5. The zero-order valence-electron chi connectivity index (χ0n) is 11.1. The summed E-state index contributed by atoms with van der Waals surface area (Å²) < 4.78 is 6.10. The highest BCUT2D eigenvalue weighted by atomic mass is 79.9. The number of pyridine rings is 1. The van der Waals surface area contributed by atoms with Crippen molar-refractivity contribution in [3.8, 4) is 5.75 Å².